The monoisotopic (exact) mass is 239 g/mol. The zero-order valence-corrected chi connectivity index (χ0v) is 9.66. The molecule has 0 N–H and O–H groups in total. The van der Waals surface area contributed by atoms with Gasteiger partial charge in [0.15, 0.2) is 0 Å². The molecule has 0 saturated heterocycles. The van der Waals surface area contributed by atoms with Crippen LogP contribution in [0.5, 0.6) is 0 Å². The summed E-state index contributed by atoms with van der Waals surface area (Å²) in [7, 11) is 0. The molecule has 0 aliphatic carbocycles. The fraction of sp³-hybridized carbons (Fsp3) is 0.364. The third-order valence-electron chi connectivity index (χ3n) is 2.00. The number of hydrogen-bond donors (Lipinski definition) is 0. The summed E-state index contributed by atoms with van der Waals surface area (Å²) in [6, 6.07) is 12.7. The second kappa shape index (κ2) is 4.46. The first-order chi connectivity index (χ1) is 6.20. The molecule has 0 amide bonds. The average Bonchev–Trinajstić information content (AvgIpc) is 2.19. The molecule has 0 radical (unpaired) electrons. The molecule has 0 fully saturated rings. The minimum absolute atomic E-state index is 0.144. The van der Waals surface area contributed by atoms with Gasteiger partial charge in [0.25, 0.3) is 0 Å². The summed E-state index contributed by atoms with van der Waals surface area (Å²) in [5.74, 6) is 0. The summed E-state index contributed by atoms with van der Waals surface area (Å²) in [6.45, 7) is 4.12. The van der Waals surface area contributed by atoms with Crippen LogP contribution in [0, 0.1) is 11.3 Å². The second-order valence-electron chi connectivity index (χ2n) is 3.11. The van der Waals surface area contributed by atoms with E-state index in [1.165, 1.54) is 4.46 Å². The van der Waals surface area contributed by atoms with E-state index >= 15 is 0 Å². The number of nitriles is 1. The fourth-order valence-corrected chi connectivity index (χ4v) is 3.03. The molecule has 2 heteroatoms. The molecular formula is C11H13NSe. The maximum atomic E-state index is 9.01. The Morgan fingerprint density at radius 1 is 1.38 bits per heavy atom. The molecule has 0 spiro atoms. The van der Waals surface area contributed by atoms with Gasteiger partial charge in [-0.05, 0) is 0 Å². The summed E-state index contributed by atoms with van der Waals surface area (Å²) >= 11 is 0.262. The second-order valence-corrected chi connectivity index (χ2v) is 6.42. The van der Waals surface area contributed by atoms with Crippen molar-refractivity contribution in [2.75, 3.05) is 0 Å². The van der Waals surface area contributed by atoms with Crippen LogP contribution >= 0.6 is 0 Å². The molecule has 1 atom stereocenters. The number of hydrogen-bond acceptors (Lipinski definition) is 1. The molecule has 0 aliphatic rings. The Hall–Kier alpha value is -0.771. The fourth-order valence-electron chi connectivity index (χ4n) is 0.923. The van der Waals surface area contributed by atoms with Gasteiger partial charge in [-0.3, -0.25) is 0 Å². The van der Waals surface area contributed by atoms with E-state index in [9.17, 15) is 0 Å². The van der Waals surface area contributed by atoms with Crippen LogP contribution in [-0.4, -0.2) is 15.0 Å². The van der Waals surface area contributed by atoms with E-state index < -0.39 is 0 Å². The molecule has 1 nitrogen and oxygen atoms in total. The minimum atomic E-state index is -0.144. The van der Waals surface area contributed by atoms with Crippen LogP contribution in [0.4, 0.5) is 0 Å². The van der Waals surface area contributed by atoms with Gasteiger partial charge in [-0.15, -0.1) is 0 Å². The Kier molecular flexibility index (Phi) is 3.54. The van der Waals surface area contributed by atoms with Crippen LogP contribution in [0.25, 0.3) is 0 Å². The van der Waals surface area contributed by atoms with Crippen molar-refractivity contribution >= 4 is 19.4 Å². The van der Waals surface area contributed by atoms with E-state index in [4.69, 9.17) is 5.26 Å². The van der Waals surface area contributed by atoms with Crippen molar-refractivity contribution in [1.82, 2.24) is 0 Å². The van der Waals surface area contributed by atoms with Gasteiger partial charge in [0.1, 0.15) is 0 Å². The molecule has 1 unspecified atom stereocenters. The average molecular weight is 238 g/mol. The molecule has 1 aromatic carbocycles. The molecule has 68 valence electrons. The Labute approximate surface area is 85.9 Å². The third kappa shape index (κ3) is 2.88. The first-order valence-electron chi connectivity index (χ1n) is 4.35. The van der Waals surface area contributed by atoms with Crippen molar-refractivity contribution in [3.8, 4) is 6.07 Å². The van der Waals surface area contributed by atoms with Crippen molar-refractivity contribution in [1.29, 1.82) is 5.26 Å². The number of rotatable bonds is 3. The summed E-state index contributed by atoms with van der Waals surface area (Å²) in [6.07, 6.45) is 0.929. The predicted octanol–water partition coefficient (Wildman–Crippen LogP) is 2.13. The van der Waals surface area contributed by atoms with Crippen molar-refractivity contribution in [3.05, 3.63) is 30.3 Å². The summed E-state index contributed by atoms with van der Waals surface area (Å²) in [5.41, 5.74) is 0. The Balaban J connectivity index is 2.75. The Morgan fingerprint density at radius 3 is 2.46 bits per heavy atom. The van der Waals surface area contributed by atoms with Gasteiger partial charge in [-0.2, -0.15) is 0 Å². The van der Waals surface area contributed by atoms with Gasteiger partial charge in [-0.1, -0.05) is 0 Å². The van der Waals surface area contributed by atoms with Gasteiger partial charge >= 0.3 is 85.7 Å². The van der Waals surface area contributed by atoms with Crippen LogP contribution in [0.15, 0.2) is 30.3 Å². The Morgan fingerprint density at radius 2 is 2.00 bits per heavy atom. The maximum absolute atomic E-state index is 9.01. The molecule has 0 aliphatic heterocycles. The molecule has 0 aromatic heterocycles. The van der Waals surface area contributed by atoms with E-state index in [2.05, 4.69) is 25.1 Å². The van der Waals surface area contributed by atoms with Gasteiger partial charge in [-0.25, -0.2) is 0 Å². The summed E-state index contributed by atoms with van der Waals surface area (Å²) in [4.78, 5) is 0. The summed E-state index contributed by atoms with van der Waals surface area (Å²) < 4.78 is 1.16. The van der Waals surface area contributed by atoms with Crippen LogP contribution in [-0.2, 0) is 0 Å². The van der Waals surface area contributed by atoms with Crippen molar-refractivity contribution in [3.63, 3.8) is 0 Å². The third-order valence-corrected chi connectivity index (χ3v) is 4.81. The van der Waals surface area contributed by atoms with Crippen molar-refractivity contribution < 1.29 is 0 Å². The zero-order chi connectivity index (χ0) is 9.73. The molecule has 1 rings (SSSR count). The molecule has 0 saturated carbocycles. The van der Waals surface area contributed by atoms with E-state index in [-0.39, 0.29) is 19.3 Å². The topological polar surface area (TPSA) is 23.8 Å². The van der Waals surface area contributed by atoms with Gasteiger partial charge in [0, 0.05) is 0 Å². The van der Waals surface area contributed by atoms with Gasteiger partial charge in [0.05, 0.1) is 0 Å². The van der Waals surface area contributed by atoms with Crippen LogP contribution < -0.4 is 4.46 Å². The predicted molar refractivity (Wildman–Crippen MR) is 56.1 cm³/mol. The van der Waals surface area contributed by atoms with E-state index in [0.717, 1.165) is 6.42 Å². The molecule has 0 bridgehead atoms. The molecule has 1 aromatic rings. The van der Waals surface area contributed by atoms with E-state index in [1.807, 2.05) is 25.1 Å². The van der Waals surface area contributed by atoms with Gasteiger partial charge < -0.3 is 0 Å². The van der Waals surface area contributed by atoms with Crippen molar-refractivity contribution in [2.24, 2.45) is 0 Å². The standard InChI is InChI=1S/C11H13NSe/c1-3-11(2,9-12)13-10-7-5-4-6-8-10/h4-8H,3H2,1-2H3. The van der Waals surface area contributed by atoms with Crippen LogP contribution in [0.2, 0.25) is 4.31 Å². The first kappa shape index (κ1) is 10.3. The van der Waals surface area contributed by atoms with Crippen LogP contribution in [0.1, 0.15) is 20.3 Å². The first-order valence-corrected chi connectivity index (χ1v) is 6.07. The van der Waals surface area contributed by atoms with E-state index in [0.29, 0.717) is 0 Å². The quantitative estimate of drug-likeness (QED) is 0.740. The van der Waals surface area contributed by atoms with Gasteiger partial charge in [0.2, 0.25) is 0 Å². The number of nitrogens with zero attached hydrogens (tertiary/aromatic N) is 1. The Bertz CT molecular complexity index is 302. The zero-order valence-electron chi connectivity index (χ0n) is 7.95. The van der Waals surface area contributed by atoms with E-state index in [1.54, 1.807) is 0 Å². The van der Waals surface area contributed by atoms with Crippen LogP contribution in [0.3, 0.4) is 0 Å². The SMILES string of the molecule is CCC(C)(C#N)[Se]c1ccccc1. The number of benzene rings is 1. The normalized spacial score (nSPS) is 14.5. The molecule has 13 heavy (non-hydrogen) atoms. The summed E-state index contributed by atoms with van der Waals surface area (Å²) in [5, 5.41) is 9.01. The molecular weight excluding hydrogens is 225 g/mol. The van der Waals surface area contributed by atoms with Crippen molar-refractivity contribution in [2.45, 2.75) is 24.6 Å². The molecule has 0 heterocycles.